The monoisotopic (exact) mass is 411 g/mol. The number of rotatable bonds is 4. The van der Waals surface area contributed by atoms with Gasteiger partial charge in [-0.1, -0.05) is 18.1 Å². The van der Waals surface area contributed by atoms with Crippen LogP contribution in [0.25, 0.3) is 10.9 Å². The first-order chi connectivity index (χ1) is 14.2. The number of carbonyl (C=O) groups is 1. The molecule has 3 heterocycles. The second-order valence-corrected chi connectivity index (χ2v) is 9.26. The van der Waals surface area contributed by atoms with Gasteiger partial charge < -0.3 is 14.4 Å². The number of aromatic nitrogens is 3. The number of carboxylic acids is 1. The second kappa shape index (κ2) is 6.31. The van der Waals surface area contributed by atoms with Gasteiger partial charge in [-0.05, 0) is 68.7 Å². The van der Waals surface area contributed by atoms with Crippen molar-refractivity contribution in [2.45, 2.75) is 57.1 Å². The molecule has 2 fully saturated rings. The molecule has 0 radical (unpaired) electrons. The Morgan fingerprint density at radius 3 is 2.67 bits per heavy atom. The van der Waals surface area contributed by atoms with Gasteiger partial charge in [-0.15, -0.1) is 0 Å². The largest absolute Gasteiger partial charge is 0.477 e. The van der Waals surface area contributed by atoms with Gasteiger partial charge in [0, 0.05) is 17.5 Å². The molecule has 8 heteroatoms. The van der Waals surface area contributed by atoms with E-state index < -0.39 is 17.3 Å². The highest BCUT2D eigenvalue weighted by molar-refractivity contribution is 5.95. The summed E-state index contributed by atoms with van der Waals surface area (Å²) in [5.74, 6) is -0.792. The molecule has 1 aromatic carbocycles. The van der Waals surface area contributed by atoms with Crippen LogP contribution in [-0.2, 0) is 10.3 Å². The maximum Gasteiger partial charge on any atom is 0.438 e. The third-order valence-corrected chi connectivity index (χ3v) is 6.74. The molecule has 0 amide bonds. The lowest BCUT2D eigenvalue weighted by atomic mass is 9.83. The third-order valence-electron chi connectivity index (χ3n) is 6.74. The number of hydrogen-bond acceptors (Lipinski definition) is 5. The fraction of sp³-hybridized carbons (Fsp3) is 0.500. The molecule has 0 unspecified atom stereocenters. The van der Waals surface area contributed by atoms with Crippen molar-refractivity contribution in [3.63, 3.8) is 0 Å². The maximum atomic E-state index is 12.1. The predicted molar refractivity (Wildman–Crippen MR) is 109 cm³/mol. The first-order valence-electron chi connectivity index (χ1n) is 10.3. The van der Waals surface area contributed by atoms with Crippen molar-refractivity contribution in [1.82, 2.24) is 14.7 Å². The number of ether oxygens (including phenoxy) is 1. The van der Waals surface area contributed by atoms with Crippen LogP contribution in [0.3, 0.4) is 0 Å². The topological polar surface area (TPSA) is 110 Å². The fourth-order valence-corrected chi connectivity index (χ4v) is 5.16. The molecule has 3 atom stereocenters. The first-order valence-corrected chi connectivity index (χ1v) is 10.3. The molecule has 2 N–H and O–H groups in total. The normalized spacial score (nSPS) is 28.0. The number of hydrogen-bond donors (Lipinski definition) is 2. The van der Waals surface area contributed by atoms with E-state index in [0.29, 0.717) is 18.2 Å². The molecule has 5 rings (SSSR count). The van der Waals surface area contributed by atoms with Gasteiger partial charge in [0.25, 0.3) is 0 Å². The quantitative estimate of drug-likeness (QED) is 0.680. The Kier molecular flexibility index (Phi) is 4.02. The lowest BCUT2D eigenvalue weighted by Crippen LogP contribution is -2.32. The Bertz CT molecular complexity index is 1200. The molecule has 1 saturated heterocycles. The molecular formula is C22H25N3O5. The van der Waals surface area contributed by atoms with Gasteiger partial charge >= 0.3 is 11.7 Å². The van der Waals surface area contributed by atoms with E-state index in [1.807, 2.05) is 13.0 Å². The van der Waals surface area contributed by atoms with Crippen molar-refractivity contribution in [2.24, 2.45) is 5.92 Å². The third kappa shape index (κ3) is 2.81. The summed E-state index contributed by atoms with van der Waals surface area (Å²) in [7, 11) is 0. The van der Waals surface area contributed by atoms with Crippen LogP contribution in [0.1, 0.15) is 67.8 Å². The molecule has 1 saturated carbocycles. The van der Waals surface area contributed by atoms with E-state index in [9.17, 15) is 14.7 Å². The lowest BCUT2D eigenvalue weighted by Gasteiger charge is -2.35. The number of nitrogens with zero attached hydrogens (tertiary/aromatic N) is 2. The van der Waals surface area contributed by atoms with Gasteiger partial charge in [0.1, 0.15) is 11.2 Å². The summed E-state index contributed by atoms with van der Waals surface area (Å²) in [4.78, 5) is 26.3. The number of fused-ring (bicyclic) bond motifs is 1. The zero-order valence-corrected chi connectivity index (χ0v) is 17.3. The lowest BCUT2D eigenvalue weighted by molar-refractivity contribution is -0.0592. The summed E-state index contributed by atoms with van der Waals surface area (Å²) in [5.41, 5.74) is 1.31. The van der Waals surface area contributed by atoms with Crippen LogP contribution in [0.5, 0.6) is 0 Å². The summed E-state index contributed by atoms with van der Waals surface area (Å²) in [6.45, 7) is 6.95. The standard InChI is InChI=1S/C22H25N3O5/c1-12-10-22(12,19-23-20(28)30-24-19)25-16-5-4-13(8-15(16)9-17(25)18(26)27)14-6-7-29-21(2,3)11-14/h4-5,8-9,12,14H,6-7,10-11H2,1-3H3,(H,26,27)(H,23,24,28)/t12-,14+,22-/m0/s1. The van der Waals surface area contributed by atoms with E-state index in [1.165, 1.54) is 5.56 Å². The number of H-pyrrole nitrogens is 1. The van der Waals surface area contributed by atoms with Crippen LogP contribution in [0.15, 0.2) is 33.6 Å². The van der Waals surface area contributed by atoms with E-state index in [0.717, 1.165) is 30.4 Å². The number of nitrogens with one attached hydrogen (secondary N) is 1. The van der Waals surface area contributed by atoms with Crippen LogP contribution < -0.4 is 5.76 Å². The maximum absolute atomic E-state index is 12.1. The average Bonchev–Trinajstić information content (AvgIpc) is 3.03. The molecule has 8 nitrogen and oxygen atoms in total. The van der Waals surface area contributed by atoms with Crippen molar-refractivity contribution >= 4 is 16.9 Å². The van der Waals surface area contributed by atoms with Crippen LogP contribution in [-0.4, -0.2) is 38.0 Å². The second-order valence-electron chi connectivity index (χ2n) is 9.26. The van der Waals surface area contributed by atoms with Gasteiger partial charge in [0.2, 0.25) is 0 Å². The summed E-state index contributed by atoms with van der Waals surface area (Å²) in [5, 5.41) is 14.7. The van der Waals surface area contributed by atoms with Gasteiger partial charge in [-0.3, -0.25) is 9.51 Å². The number of benzene rings is 1. The molecule has 158 valence electrons. The molecule has 1 aliphatic carbocycles. The number of aromatic amines is 1. The Morgan fingerprint density at radius 2 is 2.07 bits per heavy atom. The van der Waals surface area contributed by atoms with E-state index in [4.69, 9.17) is 9.26 Å². The van der Waals surface area contributed by atoms with Crippen molar-refractivity contribution in [2.75, 3.05) is 6.61 Å². The smallest absolute Gasteiger partial charge is 0.438 e. The summed E-state index contributed by atoms with van der Waals surface area (Å²) >= 11 is 0. The van der Waals surface area contributed by atoms with E-state index in [1.54, 1.807) is 10.6 Å². The fourth-order valence-electron chi connectivity index (χ4n) is 5.16. The molecule has 1 aliphatic heterocycles. The Labute approximate surface area is 172 Å². The minimum atomic E-state index is -1.01. The highest BCUT2D eigenvalue weighted by Gasteiger charge is 2.59. The minimum Gasteiger partial charge on any atom is -0.477 e. The first kappa shape index (κ1) is 19.1. The number of carboxylic acid groups (broad SMARTS) is 1. The van der Waals surface area contributed by atoms with Gasteiger partial charge in [0.05, 0.1) is 5.60 Å². The zero-order valence-electron chi connectivity index (χ0n) is 17.3. The van der Waals surface area contributed by atoms with Crippen LogP contribution in [0.2, 0.25) is 0 Å². The van der Waals surface area contributed by atoms with Crippen LogP contribution in [0, 0.1) is 5.92 Å². The van der Waals surface area contributed by atoms with Gasteiger partial charge in [-0.2, -0.15) is 0 Å². The Morgan fingerprint density at radius 1 is 1.30 bits per heavy atom. The van der Waals surface area contributed by atoms with Crippen molar-refractivity contribution in [1.29, 1.82) is 0 Å². The SMILES string of the molecule is C[C@H]1C[C@]1(c1noc(=O)[nH]1)n1c(C(=O)O)cc2cc([C@@H]3CCOC(C)(C)C3)ccc21. The summed E-state index contributed by atoms with van der Waals surface area (Å²) < 4.78 is 12.4. The van der Waals surface area contributed by atoms with Crippen LogP contribution in [0.4, 0.5) is 0 Å². The molecule has 3 aromatic rings. The summed E-state index contributed by atoms with van der Waals surface area (Å²) in [6, 6.07) is 7.89. The molecule has 0 bridgehead atoms. The average molecular weight is 411 g/mol. The Balaban J connectivity index is 1.65. The van der Waals surface area contributed by atoms with Crippen molar-refractivity contribution in [3.8, 4) is 0 Å². The van der Waals surface area contributed by atoms with E-state index in [-0.39, 0.29) is 17.2 Å². The molecule has 2 aliphatic rings. The summed E-state index contributed by atoms with van der Waals surface area (Å²) in [6.07, 6.45) is 2.55. The van der Waals surface area contributed by atoms with Crippen molar-refractivity contribution < 1.29 is 19.2 Å². The Hall–Kier alpha value is -2.87. The molecular weight excluding hydrogens is 386 g/mol. The van der Waals surface area contributed by atoms with Gasteiger partial charge in [0.15, 0.2) is 5.82 Å². The minimum absolute atomic E-state index is 0.114. The van der Waals surface area contributed by atoms with Gasteiger partial charge in [-0.25, -0.2) is 9.59 Å². The van der Waals surface area contributed by atoms with E-state index >= 15 is 0 Å². The number of aromatic carboxylic acids is 1. The van der Waals surface area contributed by atoms with Crippen molar-refractivity contribution in [3.05, 3.63) is 51.9 Å². The van der Waals surface area contributed by atoms with Crippen LogP contribution >= 0.6 is 0 Å². The molecule has 30 heavy (non-hydrogen) atoms. The zero-order chi connectivity index (χ0) is 21.3. The molecule has 0 spiro atoms. The van der Waals surface area contributed by atoms with E-state index in [2.05, 4.69) is 36.1 Å². The predicted octanol–water partition coefficient (Wildman–Crippen LogP) is 3.47. The highest BCUT2D eigenvalue weighted by atomic mass is 16.5. The highest BCUT2D eigenvalue weighted by Crippen LogP contribution is 2.55. The molecule has 2 aromatic heterocycles.